The number of carbonyl (C=O) groups excluding carboxylic acids is 1. The van der Waals surface area contributed by atoms with E-state index >= 15 is 0 Å². The van der Waals surface area contributed by atoms with Gasteiger partial charge in [0.25, 0.3) is 5.91 Å². The standard InChI is InChI=1S/C15H21ClN2O2/c1-10-3-2-6-15(20,8-10)9-18-14(19)12-5-4-11(17)7-13(12)16/h4-5,7,10,20H,2-3,6,8-9,17H2,1H3,(H,18,19). The van der Waals surface area contributed by atoms with Crippen LogP contribution < -0.4 is 11.1 Å². The fourth-order valence-electron chi connectivity index (χ4n) is 2.85. The van der Waals surface area contributed by atoms with Gasteiger partial charge in [-0.25, -0.2) is 0 Å². The summed E-state index contributed by atoms with van der Waals surface area (Å²) in [4.78, 5) is 12.1. The van der Waals surface area contributed by atoms with Crippen LogP contribution in [-0.2, 0) is 0 Å². The van der Waals surface area contributed by atoms with E-state index in [1.54, 1.807) is 18.2 Å². The lowest BCUT2D eigenvalue weighted by Crippen LogP contribution is -2.45. The monoisotopic (exact) mass is 296 g/mol. The van der Waals surface area contributed by atoms with Crippen molar-refractivity contribution in [1.29, 1.82) is 0 Å². The molecular weight excluding hydrogens is 276 g/mol. The van der Waals surface area contributed by atoms with E-state index in [4.69, 9.17) is 17.3 Å². The molecule has 4 N–H and O–H groups in total. The number of amides is 1. The van der Waals surface area contributed by atoms with Crippen molar-refractivity contribution in [2.75, 3.05) is 12.3 Å². The van der Waals surface area contributed by atoms with E-state index in [0.29, 0.717) is 22.2 Å². The summed E-state index contributed by atoms with van der Waals surface area (Å²) >= 11 is 6.00. The minimum absolute atomic E-state index is 0.261. The summed E-state index contributed by atoms with van der Waals surface area (Å²) in [5.74, 6) is 0.215. The maximum absolute atomic E-state index is 12.1. The second-order valence-electron chi connectivity index (χ2n) is 5.85. The fourth-order valence-corrected chi connectivity index (χ4v) is 3.12. The Morgan fingerprint density at radius 2 is 2.35 bits per heavy atom. The van der Waals surface area contributed by atoms with Gasteiger partial charge in [-0.15, -0.1) is 0 Å². The van der Waals surface area contributed by atoms with Gasteiger partial charge in [-0.3, -0.25) is 4.79 Å². The Hall–Kier alpha value is -1.26. The summed E-state index contributed by atoms with van der Waals surface area (Å²) in [5.41, 5.74) is 5.70. The van der Waals surface area contributed by atoms with Crippen LogP contribution in [0.4, 0.5) is 5.69 Å². The first kappa shape index (κ1) is 15.1. The second-order valence-corrected chi connectivity index (χ2v) is 6.26. The second kappa shape index (κ2) is 6.02. The van der Waals surface area contributed by atoms with E-state index in [1.165, 1.54) is 0 Å². The lowest BCUT2D eigenvalue weighted by molar-refractivity contribution is -0.0109. The van der Waals surface area contributed by atoms with Gasteiger partial charge in [-0.05, 0) is 37.0 Å². The minimum Gasteiger partial charge on any atom is -0.399 e. The molecule has 2 atom stereocenters. The van der Waals surface area contributed by atoms with Crippen LogP contribution in [0.3, 0.4) is 0 Å². The van der Waals surface area contributed by atoms with Gasteiger partial charge >= 0.3 is 0 Å². The van der Waals surface area contributed by atoms with Gasteiger partial charge in [-0.2, -0.15) is 0 Å². The number of halogens is 1. The van der Waals surface area contributed by atoms with Crippen LogP contribution in [0.15, 0.2) is 18.2 Å². The molecule has 1 fully saturated rings. The largest absolute Gasteiger partial charge is 0.399 e. The number of benzene rings is 1. The van der Waals surface area contributed by atoms with Crippen LogP contribution in [0.25, 0.3) is 0 Å². The summed E-state index contributed by atoms with van der Waals surface area (Å²) < 4.78 is 0. The zero-order valence-electron chi connectivity index (χ0n) is 11.7. The van der Waals surface area contributed by atoms with E-state index in [2.05, 4.69) is 12.2 Å². The molecule has 110 valence electrons. The summed E-state index contributed by atoms with van der Waals surface area (Å²) in [7, 11) is 0. The number of aliphatic hydroxyl groups is 1. The number of nitrogens with one attached hydrogen (secondary N) is 1. The Morgan fingerprint density at radius 3 is 3.00 bits per heavy atom. The number of hydrogen-bond acceptors (Lipinski definition) is 3. The molecule has 0 saturated heterocycles. The number of nitrogens with two attached hydrogens (primary N) is 1. The van der Waals surface area contributed by atoms with Crippen molar-refractivity contribution < 1.29 is 9.90 Å². The number of carbonyl (C=O) groups is 1. The Kier molecular flexibility index (Phi) is 4.55. The van der Waals surface area contributed by atoms with Gasteiger partial charge in [0.15, 0.2) is 0 Å². The molecule has 1 saturated carbocycles. The third-order valence-corrected chi connectivity index (χ3v) is 4.20. The molecule has 1 aromatic rings. The molecule has 0 spiro atoms. The molecule has 1 aliphatic rings. The van der Waals surface area contributed by atoms with Crippen molar-refractivity contribution in [3.05, 3.63) is 28.8 Å². The van der Waals surface area contributed by atoms with E-state index in [0.717, 1.165) is 25.7 Å². The highest BCUT2D eigenvalue weighted by atomic mass is 35.5. The van der Waals surface area contributed by atoms with E-state index in [1.807, 2.05) is 0 Å². The molecule has 1 aliphatic carbocycles. The van der Waals surface area contributed by atoms with Gasteiger partial charge in [0.05, 0.1) is 16.2 Å². The average Bonchev–Trinajstić information content (AvgIpc) is 2.36. The maximum atomic E-state index is 12.1. The maximum Gasteiger partial charge on any atom is 0.252 e. The Morgan fingerprint density at radius 1 is 1.60 bits per heavy atom. The van der Waals surface area contributed by atoms with E-state index in [-0.39, 0.29) is 12.5 Å². The van der Waals surface area contributed by atoms with Crippen LogP contribution >= 0.6 is 11.6 Å². The molecule has 0 aromatic heterocycles. The van der Waals surface area contributed by atoms with Gasteiger partial charge in [0.2, 0.25) is 0 Å². The van der Waals surface area contributed by atoms with Crippen LogP contribution in [0, 0.1) is 5.92 Å². The van der Waals surface area contributed by atoms with Gasteiger partial charge < -0.3 is 16.2 Å². The normalized spacial score (nSPS) is 26.2. The number of anilines is 1. The summed E-state index contributed by atoms with van der Waals surface area (Å²) in [6, 6.07) is 4.78. The van der Waals surface area contributed by atoms with Crippen molar-refractivity contribution >= 4 is 23.2 Å². The molecule has 0 aliphatic heterocycles. The third-order valence-electron chi connectivity index (χ3n) is 3.88. The Labute approximate surface area is 124 Å². The molecule has 1 amide bonds. The fraction of sp³-hybridized carbons (Fsp3) is 0.533. The molecule has 5 heteroatoms. The first-order valence-electron chi connectivity index (χ1n) is 6.95. The highest BCUT2D eigenvalue weighted by Crippen LogP contribution is 2.31. The topological polar surface area (TPSA) is 75.3 Å². The van der Waals surface area contributed by atoms with Gasteiger partial charge in [-0.1, -0.05) is 31.4 Å². The molecule has 2 unspecified atom stereocenters. The zero-order chi connectivity index (χ0) is 14.8. The third kappa shape index (κ3) is 3.64. The zero-order valence-corrected chi connectivity index (χ0v) is 12.4. The molecular formula is C15H21ClN2O2. The van der Waals surface area contributed by atoms with Crippen LogP contribution in [-0.4, -0.2) is 23.2 Å². The molecule has 0 bridgehead atoms. The smallest absolute Gasteiger partial charge is 0.252 e. The number of nitrogen functional groups attached to an aromatic ring is 1. The van der Waals surface area contributed by atoms with Crippen molar-refractivity contribution in [2.45, 2.75) is 38.2 Å². The predicted molar refractivity (Wildman–Crippen MR) is 80.8 cm³/mol. The number of hydrogen-bond donors (Lipinski definition) is 3. The van der Waals surface area contributed by atoms with Crippen molar-refractivity contribution in [3.63, 3.8) is 0 Å². The highest BCUT2D eigenvalue weighted by molar-refractivity contribution is 6.34. The SMILES string of the molecule is CC1CCCC(O)(CNC(=O)c2ccc(N)cc2Cl)C1. The predicted octanol–water partition coefficient (Wildman–Crippen LogP) is 2.59. The van der Waals surface area contributed by atoms with Gasteiger partial charge in [0.1, 0.15) is 0 Å². The molecule has 2 rings (SSSR count). The first-order chi connectivity index (χ1) is 9.39. The average molecular weight is 297 g/mol. The molecule has 4 nitrogen and oxygen atoms in total. The lowest BCUT2D eigenvalue weighted by atomic mass is 9.79. The number of rotatable bonds is 3. The summed E-state index contributed by atoms with van der Waals surface area (Å²) in [5, 5.41) is 13.6. The highest BCUT2D eigenvalue weighted by Gasteiger charge is 2.33. The molecule has 20 heavy (non-hydrogen) atoms. The molecule has 1 aromatic carbocycles. The summed E-state index contributed by atoms with van der Waals surface area (Å²) in [6.07, 6.45) is 3.59. The van der Waals surface area contributed by atoms with Crippen LogP contribution in [0.5, 0.6) is 0 Å². The van der Waals surface area contributed by atoms with Crippen molar-refractivity contribution in [3.8, 4) is 0 Å². The Balaban J connectivity index is 1.98. The van der Waals surface area contributed by atoms with Crippen molar-refractivity contribution in [1.82, 2.24) is 5.32 Å². The van der Waals surface area contributed by atoms with Gasteiger partial charge in [0, 0.05) is 12.2 Å². The Bertz CT molecular complexity index is 507. The summed E-state index contributed by atoms with van der Waals surface area (Å²) in [6.45, 7) is 2.39. The quantitative estimate of drug-likeness (QED) is 0.751. The van der Waals surface area contributed by atoms with E-state index in [9.17, 15) is 9.90 Å². The van der Waals surface area contributed by atoms with Crippen LogP contribution in [0.2, 0.25) is 5.02 Å². The van der Waals surface area contributed by atoms with Crippen LogP contribution in [0.1, 0.15) is 43.0 Å². The van der Waals surface area contributed by atoms with Crippen molar-refractivity contribution in [2.24, 2.45) is 5.92 Å². The molecule has 0 radical (unpaired) electrons. The van der Waals surface area contributed by atoms with E-state index < -0.39 is 5.60 Å². The lowest BCUT2D eigenvalue weighted by Gasteiger charge is -2.35. The first-order valence-corrected chi connectivity index (χ1v) is 7.33. The molecule has 0 heterocycles. The minimum atomic E-state index is -0.798.